The lowest BCUT2D eigenvalue weighted by molar-refractivity contribution is 0.568. The molecule has 2 aromatic rings. The molecule has 1 unspecified atom stereocenters. The predicted molar refractivity (Wildman–Crippen MR) is 63.1 cm³/mol. The Balaban J connectivity index is 2.20. The minimum Gasteiger partial charge on any atom is -0.472 e. The van der Waals surface area contributed by atoms with E-state index >= 15 is 0 Å². The normalized spacial score (nSPS) is 12.4. The van der Waals surface area contributed by atoms with E-state index in [1.54, 1.807) is 18.9 Å². The van der Waals surface area contributed by atoms with E-state index in [9.17, 15) is 0 Å². The maximum absolute atomic E-state index is 5.03. The number of nitrogens with one attached hydrogen (secondary N) is 1. The topological polar surface area (TPSA) is 51.0 Å². The van der Waals surface area contributed by atoms with Crippen molar-refractivity contribution < 1.29 is 4.42 Å². The number of rotatable bonds is 4. The molecule has 0 saturated carbocycles. The molecule has 0 radical (unpaired) electrons. The maximum Gasteiger partial charge on any atom is 0.130 e. The summed E-state index contributed by atoms with van der Waals surface area (Å²) < 4.78 is 5.03. The first kappa shape index (κ1) is 10.7. The Morgan fingerprint density at radius 2 is 2.31 bits per heavy atom. The second-order valence-corrected chi connectivity index (χ2v) is 3.75. The quantitative estimate of drug-likeness (QED) is 0.855. The van der Waals surface area contributed by atoms with Crippen molar-refractivity contribution in [2.45, 2.75) is 26.3 Å². The van der Waals surface area contributed by atoms with E-state index in [0.29, 0.717) is 6.04 Å². The van der Waals surface area contributed by atoms with Crippen molar-refractivity contribution in [2.75, 3.05) is 5.32 Å². The summed E-state index contributed by atoms with van der Waals surface area (Å²) in [5.41, 5.74) is 1.84. The van der Waals surface area contributed by atoms with Gasteiger partial charge in [-0.2, -0.15) is 0 Å². The van der Waals surface area contributed by atoms with E-state index in [0.717, 1.165) is 23.5 Å². The minimum absolute atomic E-state index is 0.409. The molecule has 0 bridgehead atoms. The molecule has 84 valence electrons. The van der Waals surface area contributed by atoms with Gasteiger partial charge >= 0.3 is 0 Å². The maximum atomic E-state index is 5.03. The van der Waals surface area contributed by atoms with Crippen molar-refractivity contribution in [3.63, 3.8) is 0 Å². The van der Waals surface area contributed by atoms with Crippen molar-refractivity contribution in [1.82, 2.24) is 9.97 Å². The van der Waals surface area contributed by atoms with Gasteiger partial charge in [0.25, 0.3) is 0 Å². The lowest BCUT2D eigenvalue weighted by Crippen LogP contribution is -2.14. The number of hydrogen-bond donors (Lipinski definition) is 1. The predicted octanol–water partition coefficient (Wildman–Crippen LogP) is 2.95. The molecule has 2 rings (SSSR count). The minimum atomic E-state index is 0.409. The number of nitrogens with zero attached hydrogens (tertiary/aromatic N) is 2. The summed E-state index contributed by atoms with van der Waals surface area (Å²) in [6.07, 6.45) is 5.94. The summed E-state index contributed by atoms with van der Waals surface area (Å²) in [5, 5.41) is 3.31. The highest BCUT2D eigenvalue weighted by Crippen LogP contribution is 2.19. The second kappa shape index (κ2) is 4.79. The Morgan fingerprint density at radius 3 is 3.00 bits per heavy atom. The third-order valence-corrected chi connectivity index (χ3v) is 2.49. The first-order valence-electron chi connectivity index (χ1n) is 5.40. The van der Waals surface area contributed by atoms with Crippen LogP contribution in [0.25, 0.3) is 11.3 Å². The van der Waals surface area contributed by atoms with Gasteiger partial charge in [0.15, 0.2) is 0 Å². The van der Waals surface area contributed by atoms with Crippen molar-refractivity contribution in [3.8, 4) is 11.3 Å². The molecule has 16 heavy (non-hydrogen) atoms. The Labute approximate surface area is 94.7 Å². The molecule has 0 aliphatic heterocycles. The monoisotopic (exact) mass is 217 g/mol. The molecule has 1 N–H and O–H groups in total. The lowest BCUT2D eigenvalue weighted by atomic mass is 10.2. The molecule has 0 saturated heterocycles. The summed E-state index contributed by atoms with van der Waals surface area (Å²) in [5.74, 6) is 0.848. The number of aromatic nitrogens is 2. The van der Waals surface area contributed by atoms with Gasteiger partial charge in [0.2, 0.25) is 0 Å². The van der Waals surface area contributed by atoms with Gasteiger partial charge < -0.3 is 9.73 Å². The molecule has 2 heterocycles. The van der Waals surface area contributed by atoms with Crippen molar-refractivity contribution in [3.05, 3.63) is 31.0 Å². The fourth-order valence-electron chi connectivity index (χ4n) is 1.36. The van der Waals surface area contributed by atoms with Crippen molar-refractivity contribution in [1.29, 1.82) is 0 Å². The number of anilines is 1. The van der Waals surface area contributed by atoms with Gasteiger partial charge in [0, 0.05) is 17.7 Å². The molecule has 0 aliphatic carbocycles. The number of hydrogen-bond acceptors (Lipinski definition) is 4. The highest BCUT2D eigenvalue weighted by atomic mass is 16.3. The zero-order chi connectivity index (χ0) is 11.4. The van der Waals surface area contributed by atoms with Crippen LogP contribution >= 0.6 is 0 Å². The smallest absolute Gasteiger partial charge is 0.130 e. The van der Waals surface area contributed by atoms with Crippen LogP contribution in [0, 0.1) is 0 Å². The van der Waals surface area contributed by atoms with E-state index in [4.69, 9.17) is 4.42 Å². The van der Waals surface area contributed by atoms with Gasteiger partial charge in [-0.3, -0.25) is 0 Å². The summed E-state index contributed by atoms with van der Waals surface area (Å²) in [4.78, 5) is 8.39. The van der Waals surface area contributed by atoms with E-state index in [-0.39, 0.29) is 0 Å². The van der Waals surface area contributed by atoms with Crippen LogP contribution in [0.4, 0.5) is 5.82 Å². The highest BCUT2D eigenvalue weighted by molar-refractivity contribution is 5.60. The van der Waals surface area contributed by atoms with E-state index in [2.05, 4.69) is 29.1 Å². The van der Waals surface area contributed by atoms with E-state index in [1.165, 1.54) is 0 Å². The lowest BCUT2D eigenvalue weighted by Gasteiger charge is -2.11. The first-order chi connectivity index (χ1) is 7.79. The van der Waals surface area contributed by atoms with Crippen LogP contribution in [-0.2, 0) is 0 Å². The van der Waals surface area contributed by atoms with Crippen LogP contribution in [-0.4, -0.2) is 16.0 Å². The fourth-order valence-corrected chi connectivity index (χ4v) is 1.36. The average Bonchev–Trinajstić information content (AvgIpc) is 2.83. The summed E-state index contributed by atoms with van der Waals surface area (Å²) in [6.45, 7) is 4.26. The molecule has 0 amide bonds. The Morgan fingerprint density at radius 1 is 1.44 bits per heavy atom. The van der Waals surface area contributed by atoms with Gasteiger partial charge in [-0.05, 0) is 19.4 Å². The molecule has 1 atom stereocenters. The SMILES string of the molecule is CCC(C)Nc1cc(-c2ccoc2)ncn1. The van der Waals surface area contributed by atoms with Gasteiger partial charge in [0.1, 0.15) is 12.1 Å². The summed E-state index contributed by atoms with van der Waals surface area (Å²) in [6, 6.07) is 4.22. The molecule has 0 spiro atoms. The second-order valence-electron chi connectivity index (χ2n) is 3.75. The van der Waals surface area contributed by atoms with E-state index in [1.807, 2.05) is 12.1 Å². The zero-order valence-corrected chi connectivity index (χ0v) is 9.47. The first-order valence-corrected chi connectivity index (χ1v) is 5.40. The molecule has 4 nitrogen and oxygen atoms in total. The fraction of sp³-hybridized carbons (Fsp3) is 0.333. The average molecular weight is 217 g/mol. The van der Waals surface area contributed by atoms with Crippen LogP contribution in [0.2, 0.25) is 0 Å². The largest absolute Gasteiger partial charge is 0.472 e. The van der Waals surface area contributed by atoms with Gasteiger partial charge in [-0.25, -0.2) is 9.97 Å². The molecule has 4 heteroatoms. The molecule has 2 aromatic heterocycles. The number of furan rings is 1. The molecule has 0 aromatic carbocycles. The van der Waals surface area contributed by atoms with Crippen LogP contribution in [0.5, 0.6) is 0 Å². The Bertz CT molecular complexity index is 439. The van der Waals surface area contributed by atoms with Gasteiger partial charge in [-0.1, -0.05) is 6.92 Å². The van der Waals surface area contributed by atoms with Crippen LogP contribution < -0.4 is 5.32 Å². The standard InChI is InChI=1S/C12H15N3O/c1-3-9(2)15-12-6-11(13-8-14-12)10-4-5-16-7-10/h4-9H,3H2,1-2H3,(H,13,14,15). The van der Waals surface area contributed by atoms with E-state index < -0.39 is 0 Å². The van der Waals surface area contributed by atoms with Crippen molar-refractivity contribution >= 4 is 5.82 Å². The van der Waals surface area contributed by atoms with Crippen LogP contribution in [0.3, 0.4) is 0 Å². The Hall–Kier alpha value is -1.84. The molecular weight excluding hydrogens is 202 g/mol. The third-order valence-electron chi connectivity index (χ3n) is 2.49. The summed E-state index contributed by atoms with van der Waals surface area (Å²) >= 11 is 0. The zero-order valence-electron chi connectivity index (χ0n) is 9.47. The molecular formula is C12H15N3O. The Kier molecular flexibility index (Phi) is 3.19. The third kappa shape index (κ3) is 2.39. The molecule has 0 aliphatic rings. The van der Waals surface area contributed by atoms with Gasteiger partial charge in [-0.15, -0.1) is 0 Å². The highest BCUT2D eigenvalue weighted by Gasteiger charge is 2.04. The van der Waals surface area contributed by atoms with Gasteiger partial charge in [0.05, 0.1) is 18.2 Å². The van der Waals surface area contributed by atoms with Crippen molar-refractivity contribution in [2.24, 2.45) is 0 Å². The van der Waals surface area contributed by atoms with Crippen LogP contribution in [0.1, 0.15) is 20.3 Å². The molecule has 0 fully saturated rings. The van der Waals surface area contributed by atoms with Crippen LogP contribution in [0.15, 0.2) is 35.4 Å². The summed E-state index contributed by atoms with van der Waals surface area (Å²) in [7, 11) is 0.